The van der Waals surface area contributed by atoms with Gasteiger partial charge in [0.05, 0.1) is 18.2 Å². The summed E-state index contributed by atoms with van der Waals surface area (Å²) in [5.41, 5.74) is 7.76. The molecule has 3 N–H and O–H groups in total. The Morgan fingerprint density at radius 2 is 2.05 bits per heavy atom. The molecule has 0 saturated carbocycles. The van der Waals surface area contributed by atoms with Gasteiger partial charge in [0.1, 0.15) is 5.75 Å². The Kier molecular flexibility index (Phi) is 2.59. The number of benzene rings is 1. The first-order valence-corrected chi connectivity index (χ1v) is 6.57. The summed E-state index contributed by atoms with van der Waals surface area (Å²) >= 11 is 0. The van der Waals surface area contributed by atoms with Crippen molar-refractivity contribution in [2.75, 3.05) is 5.73 Å². The van der Waals surface area contributed by atoms with Gasteiger partial charge in [0.25, 0.3) is 0 Å². The van der Waals surface area contributed by atoms with E-state index in [0.29, 0.717) is 22.9 Å². The quantitative estimate of drug-likeness (QED) is 0.588. The van der Waals surface area contributed by atoms with Crippen LogP contribution >= 0.6 is 0 Å². The molecule has 0 unspecified atom stereocenters. The molecule has 0 aliphatic carbocycles. The van der Waals surface area contributed by atoms with Crippen LogP contribution in [-0.2, 0) is 0 Å². The molecule has 0 spiro atoms. The zero-order valence-corrected chi connectivity index (χ0v) is 11.3. The van der Waals surface area contributed by atoms with Crippen molar-refractivity contribution in [2.45, 2.75) is 0 Å². The molecule has 0 radical (unpaired) electrons. The molecule has 108 valence electrons. The van der Waals surface area contributed by atoms with E-state index in [1.165, 1.54) is 0 Å². The van der Waals surface area contributed by atoms with Gasteiger partial charge in [-0.15, -0.1) is 5.10 Å². The standard InChI is InChI=1S/C15H11N5O2/c16-13-15-18-14(12-5-2-6-22-12)19-20(15)8-11(17-13)9-3-1-4-10(21)7-9/h1-8,21H,(H2,16,17). The van der Waals surface area contributed by atoms with Crippen LogP contribution in [0.5, 0.6) is 5.75 Å². The zero-order chi connectivity index (χ0) is 15.1. The fourth-order valence-corrected chi connectivity index (χ4v) is 2.23. The molecule has 3 heterocycles. The van der Waals surface area contributed by atoms with Gasteiger partial charge in [-0.1, -0.05) is 12.1 Å². The van der Waals surface area contributed by atoms with E-state index in [9.17, 15) is 5.11 Å². The number of phenolic OH excluding ortho intramolecular Hbond substituents is 1. The number of nitrogen functional groups attached to an aromatic ring is 1. The maximum absolute atomic E-state index is 9.58. The molecule has 0 saturated heterocycles. The predicted octanol–water partition coefficient (Wildman–Crippen LogP) is 2.34. The van der Waals surface area contributed by atoms with E-state index < -0.39 is 0 Å². The first-order chi connectivity index (χ1) is 10.7. The summed E-state index contributed by atoms with van der Waals surface area (Å²) in [5, 5.41) is 13.9. The number of nitrogens with two attached hydrogens (primary N) is 1. The monoisotopic (exact) mass is 293 g/mol. The van der Waals surface area contributed by atoms with Crippen molar-refractivity contribution in [1.82, 2.24) is 19.6 Å². The molecule has 22 heavy (non-hydrogen) atoms. The number of nitrogens with zero attached hydrogens (tertiary/aromatic N) is 4. The van der Waals surface area contributed by atoms with Gasteiger partial charge >= 0.3 is 0 Å². The van der Waals surface area contributed by atoms with Gasteiger partial charge < -0.3 is 15.3 Å². The molecule has 3 aromatic heterocycles. The second kappa shape index (κ2) is 4.59. The van der Waals surface area contributed by atoms with Crippen LogP contribution in [0.2, 0.25) is 0 Å². The molecule has 0 atom stereocenters. The average molecular weight is 293 g/mol. The van der Waals surface area contributed by atoms with E-state index in [2.05, 4.69) is 15.1 Å². The highest BCUT2D eigenvalue weighted by atomic mass is 16.3. The van der Waals surface area contributed by atoms with Crippen LogP contribution in [0.4, 0.5) is 5.82 Å². The number of aromatic nitrogens is 4. The molecule has 7 heteroatoms. The fourth-order valence-electron chi connectivity index (χ4n) is 2.23. The lowest BCUT2D eigenvalue weighted by atomic mass is 10.1. The third kappa shape index (κ3) is 1.96. The number of hydrogen-bond acceptors (Lipinski definition) is 6. The first kappa shape index (κ1) is 12.4. The third-order valence-corrected chi connectivity index (χ3v) is 3.23. The van der Waals surface area contributed by atoms with Crippen LogP contribution < -0.4 is 5.73 Å². The van der Waals surface area contributed by atoms with Crippen LogP contribution in [-0.4, -0.2) is 24.7 Å². The number of furan rings is 1. The molecule has 1 aromatic carbocycles. The van der Waals surface area contributed by atoms with Gasteiger partial charge in [0.2, 0.25) is 5.82 Å². The van der Waals surface area contributed by atoms with Crippen molar-refractivity contribution in [2.24, 2.45) is 0 Å². The average Bonchev–Trinajstić information content (AvgIpc) is 3.16. The number of phenols is 1. The normalized spacial score (nSPS) is 11.1. The minimum Gasteiger partial charge on any atom is -0.508 e. The van der Waals surface area contributed by atoms with Gasteiger partial charge in [0.15, 0.2) is 17.2 Å². The van der Waals surface area contributed by atoms with E-state index in [1.54, 1.807) is 47.3 Å². The lowest BCUT2D eigenvalue weighted by Gasteiger charge is -2.03. The Morgan fingerprint density at radius 3 is 2.82 bits per heavy atom. The van der Waals surface area contributed by atoms with E-state index in [0.717, 1.165) is 5.56 Å². The van der Waals surface area contributed by atoms with Crippen LogP contribution in [0.25, 0.3) is 28.5 Å². The van der Waals surface area contributed by atoms with Crippen molar-refractivity contribution in [3.63, 3.8) is 0 Å². The van der Waals surface area contributed by atoms with Gasteiger partial charge in [0, 0.05) is 5.56 Å². The molecule has 0 amide bonds. The minimum absolute atomic E-state index is 0.160. The van der Waals surface area contributed by atoms with E-state index >= 15 is 0 Å². The summed E-state index contributed by atoms with van der Waals surface area (Å²) in [5.74, 6) is 1.41. The van der Waals surface area contributed by atoms with Crippen molar-refractivity contribution < 1.29 is 9.52 Å². The predicted molar refractivity (Wildman–Crippen MR) is 80.0 cm³/mol. The van der Waals surface area contributed by atoms with Gasteiger partial charge in [-0.3, -0.25) is 0 Å². The first-order valence-electron chi connectivity index (χ1n) is 6.57. The Hall–Kier alpha value is -3.35. The molecule has 7 nitrogen and oxygen atoms in total. The van der Waals surface area contributed by atoms with Crippen LogP contribution in [0.3, 0.4) is 0 Å². The molecule has 0 aliphatic rings. The second-order valence-corrected chi connectivity index (χ2v) is 4.74. The van der Waals surface area contributed by atoms with E-state index in [1.807, 2.05) is 6.07 Å². The summed E-state index contributed by atoms with van der Waals surface area (Å²) in [7, 11) is 0. The number of fused-ring (bicyclic) bond motifs is 1. The molecule has 0 fully saturated rings. The zero-order valence-electron chi connectivity index (χ0n) is 11.3. The highest BCUT2D eigenvalue weighted by Crippen LogP contribution is 2.25. The number of anilines is 1. The van der Waals surface area contributed by atoms with Gasteiger partial charge in [-0.2, -0.15) is 0 Å². The van der Waals surface area contributed by atoms with E-state index in [4.69, 9.17) is 10.2 Å². The smallest absolute Gasteiger partial charge is 0.218 e. The Balaban J connectivity index is 1.89. The van der Waals surface area contributed by atoms with Crippen molar-refractivity contribution in [3.8, 4) is 28.6 Å². The topological polar surface area (TPSA) is 102 Å². The maximum atomic E-state index is 9.58. The summed E-state index contributed by atoms with van der Waals surface area (Å²) < 4.78 is 6.84. The van der Waals surface area contributed by atoms with Crippen LogP contribution in [0, 0.1) is 0 Å². The molecule has 0 bridgehead atoms. The van der Waals surface area contributed by atoms with Crippen LogP contribution in [0.1, 0.15) is 0 Å². The SMILES string of the molecule is Nc1nc(-c2cccc(O)c2)cn2nc(-c3ccco3)nc12. The second-order valence-electron chi connectivity index (χ2n) is 4.74. The Morgan fingerprint density at radius 1 is 1.14 bits per heavy atom. The lowest BCUT2D eigenvalue weighted by Crippen LogP contribution is -1.99. The molecule has 4 aromatic rings. The molecule has 0 aliphatic heterocycles. The fraction of sp³-hybridized carbons (Fsp3) is 0. The van der Waals surface area contributed by atoms with E-state index in [-0.39, 0.29) is 11.6 Å². The summed E-state index contributed by atoms with van der Waals surface area (Å²) in [4.78, 5) is 8.65. The highest BCUT2D eigenvalue weighted by Gasteiger charge is 2.13. The van der Waals surface area contributed by atoms with Gasteiger partial charge in [-0.05, 0) is 24.3 Å². The minimum atomic E-state index is 0.160. The molecular formula is C15H11N5O2. The van der Waals surface area contributed by atoms with Crippen molar-refractivity contribution in [3.05, 3.63) is 48.9 Å². The Bertz CT molecular complexity index is 959. The summed E-state index contributed by atoms with van der Waals surface area (Å²) in [6, 6.07) is 10.3. The van der Waals surface area contributed by atoms with Gasteiger partial charge in [-0.25, -0.2) is 14.5 Å². The largest absolute Gasteiger partial charge is 0.508 e. The number of rotatable bonds is 2. The molecular weight excluding hydrogens is 282 g/mol. The van der Waals surface area contributed by atoms with Crippen molar-refractivity contribution >= 4 is 11.5 Å². The Labute approximate surface area is 124 Å². The molecule has 4 rings (SSSR count). The summed E-state index contributed by atoms with van der Waals surface area (Å²) in [6.07, 6.45) is 3.26. The summed E-state index contributed by atoms with van der Waals surface area (Å²) in [6.45, 7) is 0. The third-order valence-electron chi connectivity index (χ3n) is 3.23. The van der Waals surface area contributed by atoms with Crippen LogP contribution in [0.15, 0.2) is 53.3 Å². The number of aromatic hydroxyl groups is 1. The maximum Gasteiger partial charge on any atom is 0.218 e. The number of hydrogen-bond donors (Lipinski definition) is 2. The van der Waals surface area contributed by atoms with Crippen molar-refractivity contribution in [1.29, 1.82) is 0 Å². The highest BCUT2D eigenvalue weighted by molar-refractivity contribution is 5.69. The lowest BCUT2D eigenvalue weighted by molar-refractivity contribution is 0.475.